The Balaban J connectivity index is 2.46. The van der Waals surface area contributed by atoms with Gasteiger partial charge in [0.25, 0.3) is 0 Å². The van der Waals surface area contributed by atoms with Crippen LogP contribution in [0.1, 0.15) is 25.8 Å². The summed E-state index contributed by atoms with van der Waals surface area (Å²) in [6.07, 6.45) is 1.98. The Bertz CT molecular complexity index is 337. The van der Waals surface area contributed by atoms with E-state index in [1.165, 1.54) is 6.07 Å². The minimum absolute atomic E-state index is 0.147. The highest BCUT2D eigenvalue weighted by Gasteiger charge is 2.09. The van der Waals surface area contributed by atoms with Crippen LogP contribution in [0, 0.1) is 5.82 Å². The lowest BCUT2D eigenvalue weighted by Crippen LogP contribution is -2.33. The SMILES string of the molecule is CCN(CC)CCC(Cc1cccc(F)c1)NC. The molecule has 0 aliphatic carbocycles. The normalized spacial score (nSPS) is 12.9. The summed E-state index contributed by atoms with van der Waals surface area (Å²) in [5.74, 6) is -0.147. The molecule has 102 valence electrons. The second-order valence-corrected chi connectivity index (χ2v) is 4.64. The molecule has 0 amide bonds. The molecule has 0 spiro atoms. The molecule has 0 aliphatic heterocycles. The van der Waals surface area contributed by atoms with Crippen LogP contribution in [0.15, 0.2) is 24.3 Å². The summed E-state index contributed by atoms with van der Waals surface area (Å²) >= 11 is 0. The molecule has 3 heteroatoms. The first-order valence-corrected chi connectivity index (χ1v) is 6.83. The maximum Gasteiger partial charge on any atom is 0.123 e. The van der Waals surface area contributed by atoms with E-state index < -0.39 is 0 Å². The van der Waals surface area contributed by atoms with E-state index in [2.05, 4.69) is 24.1 Å². The summed E-state index contributed by atoms with van der Waals surface area (Å²) in [6.45, 7) is 7.64. The highest BCUT2D eigenvalue weighted by atomic mass is 19.1. The Labute approximate surface area is 110 Å². The molecule has 1 aromatic carbocycles. The van der Waals surface area contributed by atoms with E-state index in [-0.39, 0.29) is 5.82 Å². The van der Waals surface area contributed by atoms with E-state index in [9.17, 15) is 4.39 Å². The number of nitrogens with one attached hydrogen (secondary N) is 1. The topological polar surface area (TPSA) is 15.3 Å². The zero-order valence-corrected chi connectivity index (χ0v) is 11.7. The Morgan fingerprint density at radius 2 is 2.00 bits per heavy atom. The molecule has 0 radical (unpaired) electrons. The largest absolute Gasteiger partial charge is 0.317 e. The molecule has 0 aliphatic rings. The predicted molar refractivity (Wildman–Crippen MR) is 75.4 cm³/mol. The lowest BCUT2D eigenvalue weighted by molar-refractivity contribution is 0.283. The minimum atomic E-state index is -0.147. The van der Waals surface area contributed by atoms with Gasteiger partial charge in [-0.2, -0.15) is 0 Å². The Kier molecular flexibility index (Phi) is 6.91. The van der Waals surface area contributed by atoms with Gasteiger partial charge in [-0.3, -0.25) is 0 Å². The minimum Gasteiger partial charge on any atom is -0.317 e. The third-order valence-corrected chi connectivity index (χ3v) is 3.47. The summed E-state index contributed by atoms with van der Waals surface area (Å²) in [5, 5.41) is 3.32. The molecule has 18 heavy (non-hydrogen) atoms. The van der Waals surface area contributed by atoms with Gasteiger partial charge >= 0.3 is 0 Å². The number of rotatable bonds is 8. The highest BCUT2D eigenvalue weighted by Crippen LogP contribution is 2.09. The zero-order valence-electron chi connectivity index (χ0n) is 11.7. The molecule has 1 rings (SSSR count). The molecule has 1 atom stereocenters. The Morgan fingerprint density at radius 1 is 1.28 bits per heavy atom. The molecule has 2 nitrogen and oxygen atoms in total. The molecular weight excluding hydrogens is 227 g/mol. The summed E-state index contributed by atoms with van der Waals surface area (Å²) in [6, 6.07) is 7.30. The fraction of sp³-hybridized carbons (Fsp3) is 0.600. The van der Waals surface area contributed by atoms with Crippen molar-refractivity contribution >= 4 is 0 Å². The monoisotopic (exact) mass is 252 g/mol. The van der Waals surface area contributed by atoms with Crippen molar-refractivity contribution in [1.29, 1.82) is 0 Å². The molecule has 0 fully saturated rings. The van der Waals surface area contributed by atoms with Crippen molar-refractivity contribution in [2.45, 2.75) is 32.7 Å². The van der Waals surface area contributed by atoms with Crippen LogP contribution < -0.4 is 5.32 Å². The van der Waals surface area contributed by atoms with Gasteiger partial charge in [-0.05, 0) is 57.2 Å². The van der Waals surface area contributed by atoms with E-state index in [0.29, 0.717) is 6.04 Å². The molecule has 1 unspecified atom stereocenters. The van der Waals surface area contributed by atoms with E-state index >= 15 is 0 Å². The van der Waals surface area contributed by atoms with Crippen LogP contribution in [-0.2, 0) is 6.42 Å². The summed E-state index contributed by atoms with van der Waals surface area (Å²) in [4.78, 5) is 2.41. The average molecular weight is 252 g/mol. The highest BCUT2D eigenvalue weighted by molar-refractivity contribution is 5.17. The zero-order chi connectivity index (χ0) is 13.4. The van der Waals surface area contributed by atoms with Gasteiger partial charge in [0.05, 0.1) is 0 Å². The van der Waals surface area contributed by atoms with Crippen molar-refractivity contribution in [3.8, 4) is 0 Å². The smallest absolute Gasteiger partial charge is 0.123 e. The van der Waals surface area contributed by atoms with Crippen LogP contribution in [-0.4, -0.2) is 37.6 Å². The second-order valence-electron chi connectivity index (χ2n) is 4.64. The quantitative estimate of drug-likeness (QED) is 0.765. The van der Waals surface area contributed by atoms with Crippen molar-refractivity contribution < 1.29 is 4.39 Å². The van der Waals surface area contributed by atoms with Crippen molar-refractivity contribution in [3.63, 3.8) is 0 Å². The Hall–Kier alpha value is -0.930. The van der Waals surface area contributed by atoms with Crippen LogP contribution in [0.3, 0.4) is 0 Å². The van der Waals surface area contributed by atoms with Gasteiger partial charge in [0.15, 0.2) is 0 Å². The average Bonchev–Trinajstić information content (AvgIpc) is 2.38. The predicted octanol–water partition coefficient (Wildman–Crippen LogP) is 2.69. The lowest BCUT2D eigenvalue weighted by atomic mass is 10.0. The molecular formula is C15H25FN2. The summed E-state index contributed by atoms with van der Waals surface area (Å²) < 4.78 is 13.1. The van der Waals surface area contributed by atoms with E-state index in [4.69, 9.17) is 0 Å². The summed E-state index contributed by atoms with van der Waals surface area (Å²) in [7, 11) is 1.98. The van der Waals surface area contributed by atoms with Crippen LogP contribution in [0.2, 0.25) is 0 Å². The molecule has 1 N–H and O–H groups in total. The molecule has 1 aromatic rings. The molecule has 0 saturated heterocycles. The van der Waals surface area contributed by atoms with Gasteiger partial charge < -0.3 is 10.2 Å². The van der Waals surface area contributed by atoms with Gasteiger partial charge in [0, 0.05) is 6.04 Å². The first kappa shape index (κ1) is 15.1. The third-order valence-electron chi connectivity index (χ3n) is 3.47. The van der Waals surface area contributed by atoms with E-state index in [0.717, 1.165) is 38.0 Å². The van der Waals surface area contributed by atoms with Crippen molar-refractivity contribution in [2.75, 3.05) is 26.7 Å². The van der Waals surface area contributed by atoms with Crippen LogP contribution in [0.5, 0.6) is 0 Å². The van der Waals surface area contributed by atoms with Crippen LogP contribution in [0.25, 0.3) is 0 Å². The number of likely N-dealkylation sites (N-methyl/N-ethyl adjacent to an activating group) is 1. The number of hydrogen-bond acceptors (Lipinski definition) is 2. The number of hydrogen-bond donors (Lipinski definition) is 1. The van der Waals surface area contributed by atoms with Crippen molar-refractivity contribution in [2.24, 2.45) is 0 Å². The van der Waals surface area contributed by atoms with Crippen LogP contribution in [0.4, 0.5) is 4.39 Å². The van der Waals surface area contributed by atoms with Gasteiger partial charge in [-0.25, -0.2) is 4.39 Å². The molecule has 0 aromatic heterocycles. The standard InChI is InChI=1S/C15H25FN2/c1-4-18(5-2)10-9-15(17-3)12-13-7-6-8-14(16)11-13/h6-8,11,15,17H,4-5,9-10,12H2,1-3H3. The lowest BCUT2D eigenvalue weighted by Gasteiger charge is -2.22. The second kappa shape index (κ2) is 8.22. The maximum absolute atomic E-state index is 13.1. The molecule has 0 heterocycles. The fourth-order valence-corrected chi connectivity index (χ4v) is 2.18. The van der Waals surface area contributed by atoms with Crippen molar-refractivity contribution in [1.82, 2.24) is 10.2 Å². The fourth-order valence-electron chi connectivity index (χ4n) is 2.18. The molecule has 0 saturated carbocycles. The first-order chi connectivity index (χ1) is 8.69. The van der Waals surface area contributed by atoms with E-state index in [1.54, 1.807) is 12.1 Å². The van der Waals surface area contributed by atoms with Crippen LogP contribution >= 0.6 is 0 Å². The number of halogens is 1. The van der Waals surface area contributed by atoms with Crippen molar-refractivity contribution in [3.05, 3.63) is 35.6 Å². The first-order valence-electron chi connectivity index (χ1n) is 6.83. The molecule has 0 bridgehead atoms. The Morgan fingerprint density at radius 3 is 2.56 bits per heavy atom. The van der Waals surface area contributed by atoms with E-state index in [1.807, 2.05) is 13.1 Å². The number of nitrogens with zero attached hydrogens (tertiary/aromatic N) is 1. The van der Waals surface area contributed by atoms with Gasteiger partial charge in [-0.15, -0.1) is 0 Å². The third kappa shape index (κ3) is 5.15. The summed E-state index contributed by atoms with van der Waals surface area (Å²) in [5.41, 5.74) is 1.06. The maximum atomic E-state index is 13.1. The number of benzene rings is 1. The van der Waals surface area contributed by atoms with Gasteiger partial charge in [0.1, 0.15) is 5.82 Å². The van der Waals surface area contributed by atoms with Gasteiger partial charge in [-0.1, -0.05) is 26.0 Å². The van der Waals surface area contributed by atoms with Gasteiger partial charge in [0.2, 0.25) is 0 Å².